The predicted octanol–water partition coefficient (Wildman–Crippen LogP) is 2.47. The van der Waals surface area contributed by atoms with Crippen LogP contribution in [0, 0.1) is 5.92 Å². The first-order chi connectivity index (χ1) is 8.73. The smallest absolute Gasteiger partial charge is 0.151 e. The Balaban J connectivity index is 2.70. The molecule has 0 aliphatic heterocycles. The number of Topliss-reactive ketones (excluding diaryl/α,β-unsaturated/α-hetero) is 1. The maximum absolute atomic E-state index is 12.1. The zero-order chi connectivity index (χ0) is 14.6. The number of benzene rings is 1. The van der Waals surface area contributed by atoms with Gasteiger partial charge in [-0.15, -0.1) is 0 Å². The number of hydrogen-bond acceptors (Lipinski definition) is 3. The van der Waals surface area contributed by atoms with Crippen molar-refractivity contribution in [1.29, 1.82) is 0 Å². The number of carbonyl (C=O) groups excluding carboxylic acids is 1. The first-order valence-corrected chi connectivity index (χ1v) is 7.69. The van der Waals surface area contributed by atoms with Crippen molar-refractivity contribution < 1.29 is 14.1 Å². The minimum Gasteiger partial charge on any atom is -0.388 e. The molecule has 106 valence electrons. The quantitative estimate of drug-likeness (QED) is 0.902. The molecule has 0 saturated heterocycles. The van der Waals surface area contributed by atoms with Gasteiger partial charge in [0.1, 0.15) is 0 Å². The van der Waals surface area contributed by atoms with E-state index in [0.717, 1.165) is 0 Å². The molecule has 3 nitrogen and oxygen atoms in total. The molecule has 0 aliphatic carbocycles. The van der Waals surface area contributed by atoms with Crippen molar-refractivity contribution in [3.05, 3.63) is 35.9 Å². The largest absolute Gasteiger partial charge is 0.388 e. The molecule has 0 amide bonds. The molecule has 0 aliphatic rings. The van der Waals surface area contributed by atoms with Crippen LogP contribution in [0.1, 0.15) is 39.4 Å². The third-order valence-corrected chi connectivity index (χ3v) is 4.99. The Hall–Kier alpha value is -1.00. The van der Waals surface area contributed by atoms with Gasteiger partial charge in [-0.1, -0.05) is 37.3 Å². The van der Waals surface area contributed by atoms with E-state index in [4.69, 9.17) is 0 Å². The van der Waals surface area contributed by atoms with Crippen molar-refractivity contribution in [3.8, 4) is 0 Å². The van der Waals surface area contributed by atoms with Crippen LogP contribution in [0.4, 0.5) is 0 Å². The van der Waals surface area contributed by atoms with Gasteiger partial charge in [0.05, 0.1) is 11.9 Å². The van der Waals surface area contributed by atoms with Gasteiger partial charge >= 0.3 is 0 Å². The molecular formula is C15H22O3S. The van der Waals surface area contributed by atoms with E-state index in [1.54, 1.807) is 19.1 Å². The van der Waals surface area contributed by atoms with Gasteiger partial charge in [-0.3, -0.25) is 9.00 Å². The Morgan fingerprint density at radius 2 is 1.79 bits per heavy atom. The van der Waals surface area contributed by atoms with E-state index in [1.165, 1.54) is 0 Å². The highest BCUT2D eigenvalue weighted by atomic mass is 32.2. The van der Waals surface area contributed by atoms with E-state index in [-0.39, 0.29) is 11.5 Å². The van der Waals surface area contributed by atoms with Crippen LogP contribution < -0.4 is 0 Å². The van der Waals surface area contributed by atoms with Gasteiger partial charge in [0.25, 0.3) is 0 Å². The molecule has 0 bridgehead atoms. The molecular weight excluding hydrogens is 260 g/mol. The molecule has 0 aromatic heterocycles. The molecule has 1 rings (SSSR count). The molecule has 1 aromatic carbocycles. The summed E-state index contributed by atoms with van der Waals surface area (Å²) < 4.78 is 11.5. The highest BCUT2D eigenvalue weighted by Gasteiger charge is 2.28. The number of ketones is 1. The van der Waals surface area contributed by atoms with Crippen molar-refractivity contribution >= 4 is 16.6 Å². The molecule has 0 heterocycles. The summed E-state index contributed by atoms with van der Waals surface area (Å²) in [6.07, 6.45) is -0.842. The minimum atomic E-state index is -1.22. The molecule has 0 spiro atoms. The Morgan fingerprint density at radius 3 is 2.26 bits per heavy atom. The lowest BCUT2D eigenvalue weighted by Crippen LogP contribution is -2.31. The molecule has 1 N–H and O–H groups in total. The van der Waals surface area contributed by atoms with Crippen LogP contribution in [0.2, 0.25) is 0 Å². The Labute approximate surface area is 117 Å². The van der Waals surface area contributed by atoms with Gasteiger partial charge in [-0.2, -0.15) is 0 Å². The van der Waals surface area contributed by atoms with Crippen LogP contribution in [-0.2, 0) is 15.6 Å². The second-order valence-electron chi connectivity index (χ2n) is 5.71. The highest BCUT2D eigenvalue weighted by molar-refractivity contribution is 7.87. The Morgan fingerprint density at radius 1 is 1.26 bits per heavy atom. The molecule has 3 atom stereocenters. The zero-order valence-electron chi connectivity index (χ0n) is 11.9. The van der Waals surface area contributed by atoms with Crippen LogP contribution in [0.25, 0.3) is 0 Å². The molecule has 1 unspecified atom stereocenters. The molecule has 19 heavy (non-hydrogen) atoms. The van der Waals surface area contributed by atoms with Crippen molar-refractivity contribution in [3.63, 3.8) is 0 Å². The monoisotopic (exact) mass is 282 g/mol. The van der Waals surface area contributed by atoms with Gasteiger partial charge in [0.15, 0.2) is 5.78 Å². The van der Waals surface area contributed by atoms with Gasteiger partial charge in [0.2, 0.25) is 0 Å². The fourth-order valence-corrected chi connectivity index (χ4v) is 2.55. The summed E-state index contributed by atoms with van der Waals surface area (Å²) in [6.45, 7) is 7.21. The van der Waals surface area contributed by atoms with Crippen molar-refractivity contribution in [2.75, 3.05) is 5.75 Å². The normalized spacial score (nSPS) is 16.7. The van der Waals surface area contributed by atoms with Crippen molar-refractivity contribution in [2.24, 2.45) is 5.92 Å². The summed E-state index contributed by atoms with van der Waals surface area (Å²) in [5.41, 5.74) is 0.713. The SMILES string of the molecule is C[C@@H](C(=O)CS(=O)C(C)(C)C)[C@@H](O)c1ccccc1. The average Bonchev–Trinajstić information content (AvgIpc) is 2.36. The second kappa shape index (κ2) is 6.44. The van der Waals surface area contributed by atoms with E-state index in [9.17, 15) is 14.1 Å². The van der Waals surface area contributed by atoms with Crippen LogP contribution in [0.3, 0.4) is 0 Å². The molecule has 0 radical (unpaired) electrons. The van der Waals surface area contributed by atoms with Crippen molar-refractivity contribution in [1.82, 2.24) is 0 Å². The van der Waals surface area contributed by atoms with Crippen LogP contribution in [-0.4, -0.2) is 25.6 Å². The summed E-state index contributed by atoms with van der Waals surface area (Å²) in [6, 6.07) is 9.08. The summed E-state index contributed by atoms with van der Waals surface area (Å²) >= 11 is 0. The summed E-state index contributed by atoms with van der Waals surface area (Å²) in [5.74, 6) is -0.715. The van der Waals surface area contributed by atoms with E-state index < -0.39 is 27.6 Å². The number of rotatable bonds is 5. The van der Waals surface area contributed by atoms with Crippen molar-refractivity contribution in [2.45, 2.75) is 38.5 Å². The second-order valence-corrected chi connectivity index (χ2v) is 7.92. The number of carbonyl (C=O) groups is 1. The first kappa shape index (κ1) is 16.1. The third-order valence-electron chi connectivity index (χ3n) is 3.08. The van der Waals surface area contributed by atoms with Crippen LogP contribution >= 0.6 is 0 Å². The lowest BCUT2D eigenvalue weighted by Gasteiger charge is -2.21. The molecule has 4 heteroatoms. The van der Waals surface area contributed by atoms with Gasteiger partial charge in [-0.05, 0) is 26.3 Å². The summed E-state index contributed by atoms with van der Waals surface area (Å²) in [7, 11) is -1.22. The lowest BCUT2D eigenvalue weighted by molar-refractivity contribution is -0.123. The number of aliphatic hydroxyl groups is 1. The fraction of sp³-hybridized carbons (Fsp3) is 0.533. The van der Waals surface area contributed by atoms with E-state index in [1.807, 2.05) is 39.0 Å². The Bertz CT molecular complexity index is 448. The van der Waals surface area contributed by atoms with Gasteiger partial charge in [-0.25, -0.2) is 0 Å². The van der Waals surface area contributed by atoms with E-state index in [0.29, 0.717) is 5.56 Å². The lowest BCUT2D eigenvalue weighted by atomic mass is 9.94. The number of aliphatic hydroxyl groups excluding tert-OH is 1. The molecule has 0 fully saturated rings. The van der Waals surface area contributed by atoms with Gasteiger partial charge < -0.3 is 5.11 Å². The number of hydrogen-bond donors (Lipinski definition) is 1. The maximum Gasteiger partial charge on any atom is 0.151 e. The summed E-state index contributed by atoms with van der Waals surface area (Å²) in [5, 5.41) is 10.2. The highest BCUT2D eigenvalue weighted by Crippen LogP contribution is 2.23. The molecule has 0 saturated carbocycles. The maximum atomic E-state index is 12.1. The van der Waals surface area contributed by atoms with E-state index >= 15 is 0 Å². The summed E-state index contributed by atoms with van der Waals surface area (Å²) in [4.78, 5) is 12.1. The minimum absolute atomic E-state index is 0.00540. The predicted molar refractivity (Wildman–Crippen MR) is 78.3 cm³/mol. The molecule has 1 aromatic rings. The van der Waals surface area contributed by atoms with Crippen LogP contribution in [0.15, 0.2) is 30.3 Å². The average molecular weight is 282 g/mol. The Kier molecular flexibility index (Phi) is 5.44. The van der Waals surface area contributed by atoms with Crippen LogP contribution in [0.5, 0.6) is 0 Å². The topological polar surface area (TPSA) is 54.4 Å². The fourth-order valence-electron chi connectivity index (χ4n) is 1.59. The third kappa shape index (κ3) is 4.55. The first-order valence-electron chi connectivity index (χ1n) is 6.37. The standard InChI is InChI=1S/C15H22O3S/c1-11(13(16)10-19(18)15(2,3)4)14(17)12-8-6-5-7-9-12/h5-9,11,14,17H,10H2,1-4H3/t11-,14+,19?/m0/s1. The zero-order valence-corrected chi connectivity index (χ0v) is 12.7. The van der Waals surface area contributed by atoms with Gasteiger partial charge in [0, 0.05) is 21.5 Å². The van der Waals surface area contributed by atoms with E-state index in [2.05, 4.69) is 0 Å².